The molecule has 208 valence electrons. The second-order valence-electron chi connectivity index (χ2n) is 11.6. The number of benzene rings is 2. The molecular formula is C31H45N3O3S. The SMILES string of the molecule is CSc1ccc(Oc2ccc(CCCCN3CCN(C4CC4)CC3)cc2CN(C)C(=O)OC(C)(C)C)cc1. The second-order valence-corrected chi connectivity index (χ2v) is 12.5. The summed E-state index contributed by atoms with van der Waals surface area (Å²) in [5.41, 5.74) is 1.73. The van der Waals surface area contributed by atoms with Crippen molar-refractivity contribution >= 4 is 17.9 Å². The van der Waals surface area contributed by atoms with Gasteiger partial charge in [-0.15, -0.1) is 11.8 Å². The zero-order valence-corrected chi connectivity index (χ0v) is 24.7. The standard InChI is InChI=1S/C31H45N3O3S/c1-31(2,3)37-30(35)32(4)23-25-22-24(9-16-29(25)36-27-12-14-28(38-5)15-13-27)8-6-7-17-33-18-20-34(21-19-33)26-10-11-26/h9,12-16,22,26H,6-8,10-11,17-21,23H2,1-5H3. The molecule has 0 bridgehead atoms. The molecule has 2 fully saturated rings. The van der Waals surface area contributed by atoms with Crippen molar-refractivity contribution in [3.63, 3.8) is 0 Å². The molecule has 1 heterocycles. The third kappa shape index (κ3) is 8.92. The molecule has 6 nitrogen and oxygen atoms in total. The number of hydrogen-bond donors (Lipinski definition) is 0. The molecular weight excluding hydrogens is 494 g/mol. The molecule has 4 rings (SSSR count). The predicted molar refractivity (Wildman–Crippen MR) is 156 cm³/mol. The molecule has 1 saturated heterocycles. The smallest absolute Gasteiger partial charge is 0.410 e. The molecule has 7 heteroatoms. The van der Waals surface area contributed by atoms with E-state index in [1.165, 1.54) is 62.4 Å². The Bertz CT molecular complexity index is 1040. The Labute approximate surface area is 233 Å². The van der Waals surface area contributed by atoms with Crippen LogP contribution in [0.25, 0.3) is 0 Å². The molecule has 1 aliphatic carbocycles. The topological polar surface area (TPSA) is 45.2 Å². The molecule has 0 atom stereocenters. The van der Waals surface area contributed by atoms with E-state index in [9.17, 15) is 4.79 Å². The summed E-state index contributed by atoms with van der Waals surface area (Å²) in [6, 6.07) is 15.4. The number of rotatable bonds is 11. The summed E-state index contributed by atoms with van der Waals surface area (Å²) < 4.78 is 11.9. The van der Waals surface area contributed by atoms with Crippen molar-refractivity contribution in [2.24, 2.45) is 0 Å². The fourth-order valence-corrected chi connectivity index (χ4v) is 5.31. The van der Waals surface area contributed by atoms with Gasteiger partial charge >= 0.3 is 6.09 Å². The molecule has 2 aliphatic rings. The van der Waals surface area contributed by atoms with Crippen molar-refractivity contribution in [3.05, 3.63) is 53.6 Å². The Kier molecular flexibility index (Phi) is 10.0. The summed E-state index contributed by atoms with van der Waals surface area (Å²) in [4.78, 5) is 20.8. The van der Waals surface area contributed by atoms with Crippen LogP contribution >= 0.6 is 11.8 Å². The molecule has 2 aromatic rings. The van der Waals surface area contributed by atoms with Crippen molar-refractivity contribution < 1.29 is 14.3 Å². The first-order chi connectivity index (χ1) is 18.2. The maximum Gasteiger partial charge on any atom is 0.410 e. The first-order valence-corrected chi connectivity index (χ1v) is 15.3. The maximum atomic E-state index is 12.7. The van der Waals surface area contributed by atoms with E-state index < -0.39 is 5.60 Å². The number of piperazine rings is 1. The minimum absolute atomic E-state index is 0.333. The van der Waals surface area contributed by atoms with Gasteiger partial charge in [-0.05, 0) is 102 Å². The van der Waals surface area contributed by atoms with Crippen molar-refractivity contribution in [1.82, 2.24) is 14.7 Å². The zero-order valence-electron chi connectivity index (χ0n) is 23.9. The minimum atomic E-state index is -0.532. The van der Waals surface area contributed by atoms with Crippen molar-refractivity contribution in [2.75, 3.05) is 46.0 Å². The van der Waals surface area contributed by atoms with Gasteiger partial charge in [0.05, 0.1) is 6.54 Å². The Balaban J connectivity index is 1.35. The molecule has 2 aromatic carbocycles. The van der Waals surface area contributed by atoms with E-state index in [0.29, 0.717) is 6.54 Å². The number of carbonyl (C=O) groups excluding carboxylic acids is 1. The van der Waals surface area contributed by atoms with Gasteiger partial charge in [0, 0.05) is 49.7 Å². The zero-order chi connectivity index (χ0) is 27.1. The van der Waals surface area contributed by atoms with Gasteiger partial charge in [-0.1, -0.05) is 12.1 Å². The number of unbranched alkanes of at least 4 members (excludes halogenated alkanes) is 1. The largest absolute Gasteiger partial charge is 0.457 e. The number of hydrogen-bond acceptors (Lipinski definition) is 6. The van der Waals surface area contributed by atoms with E-state index in [1.807, 2.05) is 39.0 Å². The van der Waals surface area contributed by atoms with Crippen LogP contribution in [0.3, 0.4) is 0 Å². The average Bonchev–Trinajstić information content (AvgIpc) is 3.73. The van der Waals surface area contributed by atoms with Gasteiger partial charge in [0.2, 0.25) is 0 Å². The van der Waals surface area contributed by atoms with E-state index in [2.05, 4.69) is 40.3 Å². The monoisotopic (exact) mass is 539 g/mol. The first-order valence-electron chi connectivity index (χ1n) is 14.0. The van der Waals surface area contributed by atoms with Crippen LogP contribution < -0.4 is 4.74 Å². The summed E-state index contributed by atoms with van der Waals surface area (Å²) >= 11 is 1.71. The van der Waals surface area contributed by atoms with Crippen LogP contribution in [0.1, 0.15) is 57.6 Å². The van der Waals surface area contributed by atoms with Gasteiger partial charge in [0.1, 0.15) is 17.1 Å². The lowest BCUT2D eigenvalue weighted by Gasteiger charge is -2.34. The van der Waals surface area contributed by atoms with Crippen LogP contribution in [-0.2, 0) is 17.7 Å². The normalized spacial score (nSPS) is 16.9. The summed E-state index contributed by atoms with van der Waals surface area (Å²) in [6.45, 7) is 12.2. The number of ether oxygens (including phenoxy) is 2. The Hall–Kier alpha value is -2.22. The van der Waals surface area contributed by atoms with Crippen molar-refractivity contribution in [2.45, 2.75) is 76.0 Å². The average molecular weight is 540 g/mol. The molecule has 0 N–H and O–H groups in total. The fraction of sp³-hybridized carbons (Fsp3) is 0.581. The van der Waals surface area contributed by atoms with Gasteiger partial charge in [-0.25, -0.2) is 4.79 Å². The number of aryl methyl sites for hydroxylation is 1. The number of amides is 1. The molecule has 1 aliphatic heterocycles. The highest BCUT2D eigenvalue weighted by Gasteiger charge is 2.30. The van der Waals surface area contributed by atoms with E-state index in [4.69, 9.17) is 9.47 Å². The number of thioether (sulfide) groups is 1. The predicted octanol–water partition coefficient (Wildman–Crippen LogP) is 6.67. The molecule has 1 amide bonds. The van der Waals surface area contributed by atoms with Gasteiger partial charge in [-0.3, -0.25) is 4.90 Å². The summed E-state index contributed by atoms with van der Waals surface area (Å²) in [7, 11) is 1.78. The maximum absolute atomic E-state index is 12.7. The van der Waals surface area contributed by atoms with E-state index in [-0.39, 0.29) is 6.09 Å². The fourth-order valence-electron chi connectivity index (χ4n) is 4.90. The van der Waals surface area contributed by atoms with Gasteiger partial charge in [-0.2, -0.15) is 0 Å². The Morgan fingerprint density at radius 3 is 2.37 bits per heavy atom. The molecule has 1 saturated carbocycles. The highest BCUT2D eigenvalue weighted by atomic mass is 32.2. The lowest BCUT2D eigenvalue weighted by molar-refractivity contribution is 0.0284. The van der Waals surface area contributed by atoms with Crippen molar-refractivity contribution in [3.8, 4) is 11.5 Å². The lowest BCUT2D eigenvalue weighted by Crippen LogP contribution is -2.47. The van der Waals surface area contributed by atoms with Crippen LogP contribution in [0.5, 0.6) is 11.5 Å². The van der Waals surface area contributed by atoms with Crippen LogP contribution in [0.2, 0.25) is 0 Å². The summed E-state index contributed by atoms with van der Waals surface area (Å²) in [5, 5.41) is 0. The lowest BCUT2D eigenvalue weighted by atomic mass is 10.0. The number of carbonyl (C=O) groups is 1. The molecule has 0 radical (unpaired) electrons. The molecule has 0 unspecified atom stereocenters. The molecule has 0 aromatic heterocycles. The second kappa shape index (κ2) is 13.2. The quantitative estimate of drug-likeness (QED) is 0.235. The number of nitrogens with zero attached hydrogens (tertiary/aromatic N) is 3. The van der Waals surface area contributed by atoms with Crippen LogP contribution in [0.15, 0.2) is 47.4 Å². The molecule has 0 spiro atoms. The summed E-state index contributed by atoms with van der Waals surface area (Å²) in [6.07, 6.45) is 7.92. The Morgan fingerprint density at radius 1 is 1.03 bits per heavy atom. The van der Waals surface area contributed by atoms with Gasteiger partial charge in [0.25, 0.3) is 0 Å². The summed E-state index contributed by atoms with van der Waals surface area (Å²) in [5.74, 6) is 1.56. The first kappa shape index (κ1) is 28.8. The molecule has 38 heavy (non-hydrogen) atoms. The third-order valence-electron chi connectivity index (χ3n) is 7.18. The van der Waals surface area contributed by atoms with Crippen LogP contribution in [-0.4, -0.2) is 78.5 Å². The highest BCUT2D eigenvalue weighted by Crippen LogP contribution is 2.30. The van der Waals surface area contributed by atoms with Crippen molar-refractivity contribution in [1.29, 1.82) is 0 Å². The van der Waals surface area contributed by atoms with Gasteiger partial charge in [0.15, 0.2) is 0 Å². The van der Waals surface area contributed by atoms with Gasteiger partial charge < -0.3 is 19.3 Å². The Morgan fingerprint density at radius 2 is 1.74 bits per heavy atom. The van der Waals surface area contributed by atoms with E-state index >= 15 is 0 Å². The van der Waals surface area contributed by atoms with E-state index in [0.717, 1.165) is 35.9 Å². The highest BCUT2D eigenvalue weighted by molar-refractivity contribution is 7.98. The van der Waals surface area contributed by atoms with Crippen LogP contribution in [0, 0.1) is 0 Å². The van der Waals surface area contributed by atoms with E-state index in [1.54, 1.807) is 23.7 Å². The third-order valence-corrected chi connectivity index (χ3v) is 7.93. The minimum Gasteiger partial charge on any atom is -0.457 e. The van der Waals surface area contributed by atoms with Crippen LogP contribution in [0.4, 0.5) is 4.79 Å².